The van der Waals surface area contributed by atoms with Gasteiger partial charge in [0.25, 0.3) is 0 Å². The first-order valence-electron chi connectivity index (χ1n) is 5.42. The molecule has 2 heterocycles. The van der Waals surface area contributed by atoms with E-state index in [0.717, 1.165) is 10.7 Å². The monoisotopic (exact) mass is 252 g/mol. The van der Waals surface area contributed by atoms with E-state index < -0.39 is 17.5 Å². The Morgan fingerprint density at radius 3 is 3.06 bits per heavy atom. The fourth-order valence-corrected chi connectivity index (χ4v) is 3.09. The molecule has 0 saturated heterocycles. The Bertz CT molecular complexity index is 540. The van der Waals surface area contributed by atoms with Crippen molar-refractivity contribution in [2.45, 2.75) is 24.9 Å². The third-order valence-electron chi connectivity index (χ3n) is 3.26. The van der Waals surface area contributed by atoms with Gasteiger partial charge in [-0.3, -0.25) is 9.20 Å². The largest absolute Gasteiger partial charge is 0.481 e. The van der Waals surface area contributed by atoms with Crippen molar-refractivity contribution < 1.29 is 15.0 Å². The van der Waals surface area contributed by atoms with Crippen molar-refractivity contribution in [1.29, 1.82) is 0 Å². The van der Waals surface area contributed by atoms with E-state index >= 15 is 0 Å². The molecule has 17 heavy (non-hydrogen) atoms. The topological polar surface area (TPSA) is 74.8 Å². The average molecular weight is 252 g/mol. The van der Waals surface area contributed by atoms with Crippen LogP contribution in [0.4, 0.5) is 0 Å². The van der Waals surface area contributed by atoms with Crippen molar-refractivity contribution in [3.63, 3.8) is 0 Å². The van der Waals surface area contributed by atoms with Crippen LogP contribution in [-0.2, 0) is 11.2 Å². The number of carboxylic acid groups (broad SMARTS) is 1. The second-order valence-corrected chi connectivity index (χ2v) is 5.54. The van der Waals surface area contributed by atoms with Crippen LogP contribution in [0.2, 0.25) is 0 Å². The molecule has 0 aromatic carbocycles. The zero-order valence-corrected chi connectivity index (χ0v) is 9.85. The number of hydrogen-bond donors (Lipinski definition) is 2. The molecule has 1 aliphatic rings. The Kier molecular flexibility index (Phi) is 2.24. The predicted octanol–water partition coefficient (Wildman–Crippen LogP) is 1.16. The number of nitrogens with zero attached hydrogens (tertiary/aromatic N) is 2. The Balaban J connectivity index is 1.72. The van der Waals surface area contributed by atoms with Crippen LogP contribution in [0.15, 0.2) is 17.8 Å². The quantitative estimate of drug-likeness (QED) is 0.859. The number of aromatic nitrogens is 2. The number of aliphatic carboxylic acids is 1. The molecule has 0 amide bonds. The molecule has 2 N–H and O–H groups in total. The molecule has 2 aromatic heterocycles. The summed E-state index contributed by atoms with van der Waals surface area (Å²) in [6.45, 7) is 0. The van der Waals surface area contributed by atoms with E-state index in [1.807, 2.05) is 22.2 Å². The fraction of sp³-hybridized carbons (Fsp3) is 0.455. The first-order chi connectivity index (χ1) is 8.06. The van der Waals surface area contributed by atoms with Gasteiger partial charge in [-0.2, -0.15) is 0 Å². The van der Waals surface area contributed by atoms with E-state index in [0.29, 0.717) is 19.3 Å². The van der Waals surface area contributed by atoms with Crippen molar-refractivity contribution in [3.05, 3.63) is 23.5 Å². The van der Waals surface area contributed by atoms with Crippen molar-refractivity contribution in [2.75, 3.05) is 0 Å². The molecule has 0 spiro atoms. The number of hydrogen-bond acceptors (Lipinski definition) is 4. The van der Waals surface area contributed by atoms with Crippen molar-refractivity contribution in [1.82, 2.24) is 9.38 Å². The Morgan fingerprint density at radius 1 is 1.65 bits per heavy atom. The molecular weight excluding hydrogens is 240 g/mol. The maximum Gasteiger partial charge on any atom is 0.306 e. The maximum absolute atomic E-state index is 10.7. The predicted molar refractivity (Wildman–Crippen MR) is 62.1 cm³/mol. The van der Waals surface area contributed by atoms with Crippen molar-refractivity contribution >= 4 is 22.3 Å². The zero-order chi connectivity index (χ0) is 12.0. The maximum atomic E-state index is 10.7. The first kappa shape index (κ1) is 10.7. The summed E-state index contributed by atoms with van der Waals surface area (Å²) in [5.74, 6) is -1.22. The lowest BCUT2D eigenvalue weighted by Gasteiger charge is -2.41. The molecule has 0 aliphatic heterocycles. The highest BCUT2D eigenvalue weighted by atomic mass is 32.1. The number of aliphatic hydroxyl groups is 1. The van der Waals surface area contributed by atoms with E-state index in [4.69, 9.17) is 5.11 Å². The van der Waals surface area contributed by atoms with Gasteiger partial charge in [-0.1, -0.05) is 0 Å². The minimum absolute atomic E-state index is 0.327. The molecule has 90 valence electrons. The SMILES string of the molecule is O=C(O)C1CC(O)(Cc2cn3ccsc3n2)C1. The number of rotatable bonds is 3. The number of fused-ring (bicyclic) bond motifs is 1. The van der Waals surface area contributed by atoms with Crippen LogP contribution in [0, 0.1) is 5.92 Å². The second kappa shape index (κ2) is 3.54. The Morgan fingerprint density at radius 2 is 2.41 bits per heavy atom. The normalized spacial score (nSPS) is 28.2. The highest BCUT2D eigenvalue weighted by Gasteiger charge is 2.46. The van der Waals surface area contributed by atoms with Gasteiger partial charge < -0.3 is 10.2 Å². The summed E-state index contributed by atoms with van der Waals surface area (Å²) < 4.78 is 1.91. The van der Waals surface area contributed by atoms with Gasteiger partial charge in [0.15, 0.2) is 4.96 Å². The van der Waals surface area contributed by atoms with Gasteiger partial charge in [0.05, 0.1) is 17.2 Å². The molecule has 1 saturated carbocycles. The van der Waals surface area contributed by atoms with Crippen LogP contribution in [0.25, 0.3) is 4.96 Å². The molecule has 0 bridgehead atoms. The summed E-state index contributed by atoms with van der Waals surface area (Å²) in [6, 6.07) is 0. The highest BCUT2D eigenvalue weighted by Crippen LogP contribution is 2.40. The van der Waals surface area contributed by atoms with E-state index in [1.165, 1.54) is 0 Å². The highest BCUT2D eigenvalue weighted by molar-refractivity contribution is 7.15. The molecule has 0 unspecified atom stereocenters. The van der Waals surface area contributed by atoms with Gasteiger partial charge in [0, 0.05) is 24.2 Å². The van der Waals surface area contributed by atoms with Crippen molar-refractivity contribution in [2.24, 2.45) is 5.92 Å². The van der Waals surface area contributed by atoms with E-state index in [9.17, 15) is 9.90 Å². The summed E-state index contributed by atoms with van der Waals surface area (Å²) in [6.07, 6.45) is 4.89. The molecular formula is C11H12N2O3S. The summed E-state index contributed by atoms with van der Waals surface area (Å²) in [5.41, 5.74) is -0.0595. The number of imidazole rings is 1. The standard InChI is InChI=1S/C11H12N2O3S/c14-9(15)7-3-11(16,4-7)5-8-6-13-1-2-17-10(13)12-8/h1-2,6-7,16H,3-5H2,(H,14,15). The van der Waals surface area contributed by atoms with Gasteiger partial charge in [-0.15, -0.1) is 11.3 Å². The lowest BCUT2D eigenvalue weighted by Crippen LogP contribution is -2.48. The lowest BCUT2D eigenvalue weighted by atomic mass is 9.69. The third-order valence-corrected chi connectivity index (χ3v) is 4.03. The third kappa shape index (κ3) is 1.83. The lowest BCUT2D eigenvalue weighted by molar-refractivity contribution is -0.158. The van der Waals surface area contributed by atoms with Crippen LogP contribution in [0.1, 0.15) is 18.5 Å². The van der Waals surface area contributed by atoms with Gasteiger partial charge in [0.1, 0.15) is 0 Å². The summed E-state index contributed by atoms with van der Waals surface area (Å²) in [7, 11) is 0. The summed E-state index contributed by atoms with van der Waals surface area (Å²) in [4.78, 5) is 16.0. The van der Waals surface area contributed by atoms with Gasteiger partial charge >= 0.3 is 5.97 Å². The zero-order valence-electron chi connectivity index (χ0n) is 9.04. The Hall–Kier alpha value is -1.40. The molecule has 2 aromatic rings. The average Bonchev–Trinajstić information content (AvgIpc) is 2.73. The van der Waals surface area contributed by atoms with Gasteiger partial charge in [0.2, 0.25) is 0 Å². The molecule has 5 nitrogen and oxygen atoms in total. The molecule has 0 atom stereocenters. The fourth-order valence-electron chi connectivity index (χ4n) is 2.37. The molecule has 6 heteroatoms. The van der Waals surface area contributed by atoms with Crippen LogP contribution in [0.3, 0.4) is 0 Å². The first-order valence-corrected chi connectivity index (χ1v) is 6.30. The van der Waals surface area contributed by atoms with Gasteiger partial charge in [-0.05, 0) is 12.8 Å². The van der Waals surface area contributed by atoms with Crippen LogP contribution in [0.5, 0.6) is 0 Å². The smallest absolute Gasteiger partial charge is 0.306 e. The minimum atomic E-state index is -0.882. The van der Waals surface area contributed by atoms with E-state index in [-0.39, 0.29) is 0 Å². The second-order valence-electron chi connectivity index (χ2n) is 4.67. The molecule has 1 aliphatic carbocycles. The molecule has 1 fully saturated rings. The van der Waals surface area contributed by atoms with Crippen LogP contribution in [-0.4, -0.2) is 31.2 Å². The van der Waals surface area contributed by atoms with Crippen molar-refractivity contribution in [3.8, 4) is 0 Å². The number of carbonyl (C=O) groups is 1. The van der Waals surface area contributed by atoms with E-state index in [1.54, 1.807) is 11.3 Å². The summed E-state index contributed by atoms with van der Waals surface area (Å²) in [5, 5.41) is 20.9. The molecule has 0 radical (unpaired) electrons. The van der Waals surface area contributed by atoms with E-state index in [2.05, 4.69) is 4.98 Å². The number of thiazole rings is 1. The minimum Gasteiger partial charge on any atom is -0.481 e. The Labute approximate surface area is 101 Å². The molecule has 3 rings (SSSR count). The summed E-state index contributed by atoms with van der Waals surface area (Å²) >= 11 is 1.54. The van der Waals surface area contributed by atoms with Gasteiger partial charge in [-0.25, -0.2) is 4.98 Å². The number of carboxylic acids is 1. The van der Waals surface area contributed by atoms with Crippen LogP contribution < -0.4 is 0 Å². The van der Waals surface area contributed by atoms with Crippen LogP contribution >= 0.6 is 11.3 Å².